The van der Waals surface area contributed by atoms with E-state index in [9.17, 15) is 0 Å². The first-order chi connectivity index (χ1) is 8.27. The summed E-state index contributed by atoms with van der Waals surface area (Å²) in [6, 6.07) is 9.39. The molecule has 0 bridgehead atoms. The fourth-order valence-electron chi connectivity index (χ4n) is 2.63. The number of rotatable bonds is 3. The Balaban J connectivity index is 1.74. The molecule has 2 heteroatoms. The Morgan fingerprint density at radius 2 is 2.18 bits per heavy atom. The topological polar surface area (TPSA) is 24.1 Å². The summed E-state index contributed by atoms with van der Waals surface area (Å²) in [7, 11) is 0. The minimum absolute atomic E-state index is 0.540. The van der Waals surface area contributed by atoms with Crippen LogP contribution < -0.4 is 10.6 Å². The molecule has 1 fully saturated rings. The van der Waals surface area contributed by atoms with E-state index in [1.165, 1.54) is 36.9 Å². The first kappa shape index (κ1) is 11.2. The Kier molecular flexibility index (Phi) is 2.93. The van der Waals surface area contributed by atoms with Crippen molar-refractivity contribution >= 4 is 0 Å². The van der Waals surface area contributed by atoms with Gasteiger partial charge in [0.25, 0.3) is 0 Å². The van der Waals surface area contributed by atoms with Gasteiger partial charge in [0, 0.05) is 19.1 Å². The van der Waals surface area contributed by atoms with Crippen molar-refractivity contribution in [1.29, 1.82) is 0 Å². The molecule has 1 atom stereocenters. The van der Waals surface area contributed by atoms with Crippen LogP contribution in [0.5, 0.6) is 0 Å². The first-order valence-corrected chi connectivity index (χ1v) is 6.79. The molecular weight excluding hydrogens is 208 g/mol. The molecule has 92 valence electrons. The van der Waals surface area contributed by atoms with Crippen molar-refractivity contribution in [3.63, 3.8) is 0 Å². The van der Waals surface area contributed by atoms with E-state index in [1.54, 1.807) is 0 Å². The second-order valence-corrected chi connectivity index (χ2v) is 5.91. The van der Waals surface area contributed by atoms with Gasteiger partial charge in [0.05, 0.1) is 0 Å². The van der Waals surface area contributed by atoms with Crippen molar-refractivity contribution in [3.05, 3.63) is 35.4 Å². The molecule has 1 unspecified atom stereocenters. The minimum Gasteiger partial charge on any atom is -0.313 e. The van der Waals surface area contributed by atoms with Crippen LogP contribution in [-0.2, 0) is 6.54 Å². The van der Waals surface area contributed by atoms with Gasteiger partial charge in [-0.1, -0.05) is 31.2 Å². The molecule has 1 saturated carbocycles. The number of hydrogen-bond donors (Lipinski definition) is 2. The van der Waals surface area contributed by atoms with Crippen LogP contribution in [0.15, 0.2) is 24.3 Å². The van der Waals surface area contributed by atoms with Crippen LogP contribution in [0.25, 0.3) is 0 Å². The molecule has 1 aliphatic carbocycles. The zero-order valence-corrected chi connectivity index (χ0v) is 10.6. The van der Waals surface area contributed by atoms with E-state index in [1.807, 2.05) is 0 Å². The van der Waals surface area contributed by atoms with Gasteiger partial charge in [-0.2, -0.15) is 0 Å². The Hall–Kier alpha value is -0.860. The normalized spacial score (nSPS) is 26.1. The third kappa shape index (κ3) is 2.53. The Bertz CT molecular complexity index is 396. The van der Waals surface area contributed by atoms with Crippen molar-refractivity contribution < 1.29 is 0 Å². The second-order valence-electron chi connectivity index (χ2n) is 5.91. The van der Waals surface area contributed by atoms with Crippen molar-refractivity contribution in [2.45, 2.75) is 38.8 Å². The number of nitrogens with one attached hydrogen (secondary N) is 2. The first-order valence-electron chi connectivity index (χ1n) is 6.79. The van der Waals surface area contributed by atoms with Crippen LogP contribution in [-0.4, -0.2) is 13.1 Å². The van der Waals surface area contributed by atoms with E-state index in [-0.39, 0.29) is 0 Å². The molecule has 0 spiro atoms. The van der Waals surface area contributed by atoms with Gasteiger partial charge in [-0.3, -0.25) is 0 Å². The van der Waals surface area contributed by atoms with Gasteiger partial charge in [-0.05, 0) is 42.3 Å². The Morgan fingerprint density at radius 3 is 3.00 bits per heavy atom. The molecule has 3 rings (SSSR count). The van der Waals surface area contributed by atoms with E-state index in [0.29, 0.717) is 11.5 Å². The van der Waals surface area contributed by atoms with Gasteiger partial charge in [0.1, 0.15) is 0 Å². The van der Waals surface area contributed by atoms with Crippen LogP contribution in [0.2, 0.25) is 0 Å². The third-order valence-electron chi connectivity index (χ3n) is 4.23. The zero-order chi connectivity index (χ0) is 11.7. The van der Waals surface area contributed by atoms with Gasteiger partial charge in [0.2, 0.25) is 0 Å². The van der Waals surface area contributed by atoms with Gasteiger partial charge in [-0.15, -0.1) is 0 Å². The molecule has 1 aromatic rings. The second kappa shape index (κ2) is 4.43. The summed E-state index contributed by atoms with van der Waals surface area (Å²) in [5.74, 6) is 0. The Labute approximate surface area is 104 Å². The van der Waals surface area contributed by atoms with Crippen LogP contribution in [0.3, 0.4) is 0 Å². The molecule has 1 aliphatic heterocycles. The highest BCUT2D eigenvalue weighted by Gasteiger charge is 2.37. The molecule has 0 amide bonds. The predicted molar refractivity (Wildman–Crippen MR) is 70.9 cm³/mol. The van der Waals surface area contributed by atoms with Gasteiger partial charge in [-0.25, -0.2) is 0 Å². The SMILES string of the molecule is CC1(CNC2CCNCc3ccccc32)CC1. The highest BCUT2D eigenvalue weighted by atomic mass is 15.0. The van der Waals surface area contributed by atoms with Gasteiger partial charge < -0.3 is 10.6 Å². The maximum absolute atomic E-state index is 3.78. The average molecular weight is 230 g/mol. The van der Waals surface area contributed by atoms with Gasteiger partial charge >= 0.3 is 0 Å². The van der Waals surface area contributed by atoms with Crippen molar-refractivity contribution in [1.82, 2.24) is 10.6 Å². The molecule has 2 nitrogen and oxygen atoms in total. The summed E-state index contributed by atoms with van der Waals surface area (Å²) in [6.45, 7) is 5.70. The standard InChI is InChI=1S/C15H22N2/c1-15(7-8-15)11-17-14-6-9-16-10-12-4-2-3-5-13(12)14/h2-5,14,16-17H,6-11H2,1H3. The minimum atomic E-state index is 0.540. The lowest BCUT2D eigenvalue weighted by Crippen LogP contribution is -2.28. The van der Waals surface area contributed by atoms with E-state index in [4.69, 9.17) is 0 Å². The molecule has 2 aliphatic rings. The van der Waals surface area contributed by atoms with E-state index >= 15 is 0 Å². The molecule has 1 aromatic carbocycles. The molecule has 1 heterocycles. The molecule has 2 N–H and O–H groups in total. The highest BCUT2D eigenvalue weighted by molar-refractivity contribution is 5.31. The van der Waals surface area contributed by atoms with E-state index in [2.05, 4.69) is 41.8 Å². The quantitative estimate of drug-likeness (QED) is 0.834. The van der Waals surface area contributed by atoms with Gasteiger partial charge in [0.15, 0.2) is 0 Å². The fourth-order valence-corrected chi connectivity index (χ4v) is 2.63. The number of hydrogen-bond acceptors (Lipinski definition) is 2. The third-order valence-corrected chi connectivity index (χ3v) is 4.23. The monoisotopic (exact) mass is 230 g/mol. The number of benzene rings is 1. The van der Waals surface area contributed by atoms with E-state index in [0.717, 1.165) is 13.1 Å². The maximum Gasteiger partial charge on any atom is 0.0335 e. The lowest BCUT2D eigenvalue weighted by molar-refractivity contribution is 0.425. The summed E-state index contributed by atoms with van der Waals surface area (Å²) in [6.07, 6.45) is 3.99. The smallest absolute Gasteiger partial charge is 0.0335 e. The lowest BCUT2D eigenvalue weighted by atomic mass is 9.98. The molecule has 17 heavy (non-hydrogen) atoms. The largest absolute Gasteiger partial charge is 0.313 e. The zero-order valence-electron chi connectivity index (χ0n) is 10.6. The molecule has 0 saturated heterocycles. The summed E-state index contributed by atoms with van der Waals surface area (Å²) in [5.41, 5.74) is 3.56. The predicted octanol–water partition coefficient (Wildman–Crippen LogP) is 2.61. The van der Waals surface area contributed by atoms with Crippen LogP contribution in [0.1, 0.15) is 43.4 Å². The lowest BCUT2D eigenvalue weighted by Gasteiger charge is -2.21. The van der Waals surface area contributed by atoms with Crippen molar-refractivity contribution in [3.8, 4) is 0 Å². The summed E-state index contributed by atoms with van der Waals surface area (Å²) >= 11 is 0. The van der Waals surface area contributed by atoms with Crippen LogP contribution in [0, 0.1) is 5.41 Å². The van der Waals surface area contributed by atoms with E-state index < -0.39 is 0 Å². The fraction of sp³-hybridized carbons (Fsp3) is 0.600. The van der Waals surface area contributed by atoms with Crippen molar-refractivity contribution in [2.75, 3.05) is 13.1 Å². The summed E-state index contributed by atoms with van der Waals surface area (Å²) < 4.78 is 0. The van der Waals surface area contributed by atoms with Crippen LogP contribution >= 0.6 is 0 Å². The van der Waals surface area contributed by atoms with Crippen molar-refractivity contribution in [2.24, 2.45) is 5.41 Å². The summed E-state index contributed by atoms with van der Waals surface area (Å²) in [5, 5.41) is 7.29. The van der Waals surface area contributed by atoms with Crippen LogP contribution in [0.4, 0.5) is 0 Å². The highest BCUT2D eigenvalue weighted by Crippen LogP contribution is 2.44. The average Bonchev–Trinajstić information content (AvgIpc) is 3.10. The molecule has 0 radical (unpaired) electrons. The number of fused-ring (bicyclic) bond motifs is 1. The summed E-state index contributed by atoms with van der Waals surface area (Å²) in [4.78, 5) is 0. The Morgan fingerprint density at radius 1 is 1.35 bits per heavy atom. The molecular formula is C15H22N2. The maximum atomic E-state index is 3.78. The molecule has 0 aromatic heterocycles.